The first-order valence-electron chi connectivity index (χ1n) is 4.55. The molecule has 1 amide bonds. The number of hydrogen-bond donors (Lipinski definition) is 3. The molecule has 1 aliphatic rings. The van der Waals surface area contributed by atoms with E-state index in [9.17, 15) is 4.79 Å². The monoisotopic (exact) mass is 192 g/mol. The van der Waals surface area contributed by atoms with Crippen LogP contribution in [0.5, 0.6) is 0 Å². The highest BCUT2D eigenvalue weighted by Gasteiger charge is 2.22. The van der Waals surface area contributed by atoms with Gasteiger partial charge in [-0.1, -0.05) is 24.3 Å². The summed E-state index contributed by atoms with van der Waals surface area (Å²) in [6.07, 6.45) is 0.628. The van der Waals surface area contributed by atoms with Crippen LogP contribution in [0.1, 0.15) is 11.1 Å². The van der Waals surface area contributed by atoms with Crippen molar-refractivity contribution in [3.63, 3.8) is 0 Å². The third kappa shape index (κ3) is 1.62. The first-order chi connectivity index (χ1) is 6.81. The summed E-state index contributed by atoms with van der Waals surface area (Å²) >= 11 is 0. The number of fused-ring (bicyclic) bond motifs is 1. The van der Waals surface area contributed by atoms with Crippen LogP contribution in [-0.2, 0) is 17.8 Å². The van der Waals surface area contributed by atoms with Crippen LogP contribution in [-0.4, -0.2) is 17.2 Å². The third-order valence-corrected chi connectivity index (χ3v) is 2.51. The molecule has 4 nitrogen and oxygen atoms in total. The lowest BCUT2D eigenvalue weighted by Crippen LogP contribution is -2.46. The largest absolute Gasteiger partial charge is 0.301 e. The van der Waals surface area contributed by atoms with E-state index in [0.29, 0.717) is 13.0 Å². The number of hydroxylamine groups is 1. The molecule has 0 saturated heterocycles. The lowest BCUT2D eigenvalue weighted by molar-refractivity contribution is -0.131. The highest BCUT2D eigenvalue weighted by Crippen LogP contribution is 2.15. The van der Waals surface area contributed by atoms with Crippen molar-refractivity contribution in [2.45, 2.75) is 19.0 Å². The molecule has 1 aromatic carbocycles. The van der Waals surface area contributed by atoms with Crippen LogP contribution in [0.25, 0.3) is 0 Å². The molecule has 0 saturated carbocycles. The lowest BCUT2D eigenvalue weighted by Gasteiger charge is -2.24. The minimum absolute atomic E-state index is 0.324. The van der Waals surface area contributed by atoms with Gasteiger partial charge in [-0.05, 0) is 17.5 Å². The van der Waals surface area contributed by atoms with Crippen LogP contribution in [0.3, 0.4) is 0 Å². The molecule has 0 radical (unpaired) electrons. The first kappa shape index (κ1) is 9.18. The summed E-state index contributed by atoms with van der Waals surface area (Å²) in [5, 5.41) is 11.5. The van der Waals surface area contributed by atoms with Crippen LogP contribution in [0.15, 0.2) is 24.3 Å². The van der Waals surface area contributed by atoms with Gasteiger partial charge in [0.2, 0.25) is 0 Å². The van der Waals surface area contributed by atoms with Crippen molar-refractivity contribution in [1.82, 2.24) is 10.8 Å². The number of carbonyl (C=O) groups is 1. The predicted octanol–water partition coefficient (Wildman–Crippen LogP) is 0.206. The summed E-state index contributed by atoms with van der Waals surface area (Å²) in [5.41, 5.74) is 4.05. The van der Waals surface area contributed by atoms with Gasteiger partial charge in [-0.25, -0.2) is 5.48 Å². The SMILES string of the molecule is O=C(NO)[C@@H]1Cc2ccccc2CN1. The number of amides is 1. The second kappa shape index (κ2) is 3.77. The molecule has 1 aliphatic heterocycles. The predicted molar refractivity (Wildman–Crippen MR) is 50.7 cm³/mol. The average molecular weight is 192 g/mol. The Labute approximate surface area is 81.9 Å². The number of nitrogens with one attached hydrogen (secondary N) is 2. The van der Waals surface area contributed by atoms with Crippen molar-refractivity contribution in [3.8, 4) is 0 Å². The summed E-state index contributed by atoms with van der Waals surface area (Å²) in [5.74, 6) is -0.375. The van der Waals surface area contributed by atoms with Crippen molar-refractivity contribution in [2.75, 3.05) is 0 Å². The lowest BCUT2D eigenvalue weighted by atomic mass is 9.96. The summed E-state index contributed by atoms with van der Waals surface area (Å²) in [6, 6.07) is 7.66. The Morgan fingerprint density at radius 2 is 2.14 bits per heavy atom. The minimum Gasteiger partial charge on any atom is -0.301 e. The van der Waals surface area contributed by atoms with Crippen LogP contribution in [0, 0.1) is 0 Å². The molecule has 0 spiro atoms. The number of carbonyl (C=O) groups excluding carboxylic acids is 1. The maximum atomic E-state index is 11.2. The Morgan fingerprint density at radius 1 is 1.43 bits per heavy atom. The maximum absolute atomic E-state index is 11.2. The summed E-state index contributed by atoms with van der Waals surface area (Å²) in [7, 11) is 0. The van der Waals surface area contributed by atoms with Gasteiger partial charge in [0.15, 0.2) is 0 Å². The number of hydrogen-bond acceptors (Lipinski definition) is 3. The van der Waals surface area contributed by atoms with Crippen LogP contribution in [0.2, 0.25) is 0 Å². The van der Waals surface area contributed by atoms with E-state index in [1.165, 1.54) is 11.1 Å². The van der Waals surface area contributed by atoms with E-state index < -0.39 is 0 Å². The van der Waals surface area contributed by atoms with Crippen molar-refractivity contribution < 1.29 is 10.0 Å². The normalized spacial score (nSPS) is 19.9. The summed E-state index contributed by atoms with van der Waals surface area (Å²) < 4.78 is 0. The fourth-order valence-electron chi connectivity index (χ4n) is 1.72. The zero-order valence-electron chi connectivity index (χ0n) is 7.66. The Kier molecular flexibility index (Phi) is 2.47. The molecule has 0 aliphatic carbocycles. The Hall–Kier alpha value is -1.39. The van der Waals surface area contributed by atoms with E-state index in [4.69, 9.17) is 5.21 Å². The zero-order valence-corrected chi connectivity index (χ0v) is 7.66. The number of benzene rings is 1. The maximum Gasteiger partial charge on any atom is 0.260 e. The zero-order chi connectivity index (χ0) is 9.97. The molecule has 0 aromatic heterocycles. The molecule has 1 aromatic rings. The fourth-order valence-corrected chi connectivity index (χ4v) is 1.72. The minimum atomic E-state index is -0.375. The fraction of sp³-hybridized carbons (Fsp3) is 0.300. The first-order valence-corrected chi connectivity index (χ1v) is 4.55. The topological polar surface area (TPSA) is 61.4 Å². The van der Waals surface area contributed by atoms with Crippen molar-refractivity contribution >= 4 is 5.91 Å². The molecule has 4 heteroatoms. The molecule has 3 N–H and O–H groups in total. The van der Waals surface area contributed by atoms with Crippen molar-refractivity contribution in [3.05, 3.63) is 35.4 Å². The molecule has 0 unspecified atom stereocenters. The molecular weight excluding hydrogens is 180 g/mol. The Bertz CT molecular complexity index is 352. The summed E-state index contributed by atoms with van der Waals surface area (Å²) in [4.78, 5) is 11.2. The Morgan fingerprint density at radius 3 is 2.86 bits per heavy atom. The average Bonchev–Trinajstić information content (AvgIpc) is 2.27. The van der Waals surface area contributed by atoms with Crippen molar-refractivity contribution in [2.24, 2.45) is 0 Å². The smallest absolute Gasteiger partial charge is 0.260 e. The van der Waals surface area contributed by atoms with Gasteiger partial charge in [-0.15, -0.1) is 0 Å². The van der Waals surface area contributed by atoms with Crippen LogP contribution < -0.4 is 10.8 Å². The molecule has 1 atom stereocenters. The van der Waals surface area contributed by atoms with E-state index in [0.717, 1.165) is 0 Å². The van der Waals surface area contributed by atoms with E-state index >= 15 is 0 Å². The van der Waals surface area contributed by atoms with Gasteiger partial charge in [0.05, 0.1) is 6.04 Å². The second-order valence-electron chi connectivity index (χ2n) is 3.38. The molecule has 74 valence electrons. The van der Waals surface area contributed by atoms with Gasteiger partial charge in [-0.2, -0.15) is 0 Å². The molecule has 0 fully saturated rings. The van der Waals surface area contributed by atoms with E-state index in [1.807, 2.05) is 24.3 Å². The van der Waals surface area contributed by atoms with Gasteiger partial charge >= 0.3 is 0 Å². The van der Waals surface area contributed by atoms with Crippen molar-refractivity contribution in [1.29, 1.82) is 0 Å². The summed E-state index contributed by atoms with van der Waals surface area (Å²) in [6.45, 7) is 0.675. The van der Waals surface area contributed by atoms with Gasteiger partial charge < -0.3 is 5.32 Å². The van der Waals surface area contributed by atoms with E-state index in [2.05, 4.69) is 5.32 Å². The Balaban J connectivity index is 2.17. The van der Waals surface area contributed by atoms with E-state index in [-0.39, 0.29) is 11.9 Å². The highest BCUT2D eigenvalue weighted by atomic mass is 16.5. The van der Waals surface area contributed by atoms with Crippen LogP contribution >= 0.6 is 0 Å². The molecule has 1 heterocycles. The van der Waals surface area contributed by atoms with Crippen LogP contribution in [0.4, 0.5) is 0 Å². The second-order valence-corrected chi connectivity index (χ2v) is 3.38. The molecule has 14 heavy (non-hydrogen) atoms. The van der Waals surface area contributed by atoms with Gasteiger partial charge in [-0.3, -0.25) is 10.0 Å². The van der Waals surface area contributed by atoms with E-state index in [1.54, 1.807) is 5.48 Å². The van der Waals surface area contributed by atoms with Gasteiger partial charge in [0, 0.05) is 6.54 Å². The number of rotatable bonds is 1. The molecule has 2 rings (SSSR count). The quantitative estimate of drug-likeness (QED) is 0.440. The van der Waals surface area contributed by atoms with Gasteiger partial charge in [0.1, 0.15) is 0 Å². The molecular formula is C10H12N2O2. The third-order valence-electron chi connectivity index (χ3n) is 2.51. The standard InChI is InChI=1S/C10H12N2O2/c13-10(12-14)9-5-7-3-1-2-4-8(7)6-11-9/h1-4,9,11,14H,5-6H2,(H,12,13)/t9-/m0/s1. The van der Waals surface area contributed by atoms with Gasteiger partial charge in [0.25, 0.3) is 5.91 Å². The highest BCUT2D eigenvalue weighted by molar-refractivity contribution is 5.81. The molecule has 0 bridgehead atoms.